The maximum atomic E-state index is 12.1. The molecule has 0 aromatic heterocycles. The van der Waals surface area contributed by atoms with E-state index < -0.39 is 0 Å². The highest BCUT2D eigenvalue weighted by atomic mass is 79.9. The van der Waals surface area contributed by atoms with Gasteiger partial charge in [0.2, 0.25) is 5.91 Å². The smallest absolute Gasteiger partial charge is 0.223 e. The molecular formula is C16H30BrNO. The molecule has 1 fully saturated rings. The van der Waals surface area contributed by atoms with Crippen molar-refractivity contribution in [1.29, 1.82) is 0 Å². The molecule has 0 aromatic rings. The van der Waals surface area contributed by atoms with E-state index in [0.29, 0.717) is 10.7 Å². The van der Waals surface area contributed by atoms with Crippen molar-refractivity contribution in [3.05, 3.63) is 0 Å². The van der Waals surface area contributed by atoms with Crippen LogP contribution in [0.3, 0.4) is 0 Å². The lowest BCUT2D eigenvalue weighted by Crippen LogP contribution is -2.34. The molecule has 1 amide bonds. The van der Waals surface area contributed by atoms with E-state index >= 15 is 0 Å². The molecule has 1 saturated carbocycles. The maximum Gasteiger partial charge on any atom is 0.223 e. The van der Waals surface area contributed by atoms with Gasteiger partial charge in [0.15, 0.2) is 0 Å². The summed E-state index contributed by atoms with van der Waals surface area (Å²) in [4.78, 5) is 12.6. The van der Waals surface area contributed by atoms with E-state index in [9.17, 15) is 4.79 Å². The third kappa shape index (κ3) is 6.78. The molecule has 0 saturated heterocycles. The lowest BCUT2D eigenvalue weighted by molar-refractivity contribution is -0.126. The molecule has 1 atom stereocenters. The maximum absolute atomic E-state index is 12.1. The second-order valence-electron chi connectivity index (χ2n) is 5.95. The zero-order valence-electron chi connectivity index (χ0n) is 12.6. The van der Waals surface area contributed by atoms with Gasteiger partial charge in [-0.1, -0.05) is 49.0 Å². The summed E-state index contributed by atoms with van der Waals surface area (Å²) in [5, 5.41) is 3.11. The Hall–Kier alpha value is -0.0500. The van der Waals surface area contributed by atoms with Gasteiger partial charge >= 0.3 is 0 Å². The predicted octanol–water partition coefficient (Wildman–Crippen LogP) is 4.66. The molecule has 1 aliphatic carbocycles. The van der Waals surface area contributed by atoms with Gasteiger partial charge in [-0.15, -0.1) is 0 Å². The summed E-state index contributed by atoms with van der Waals surface area (Å²) in [5.74, 6) is 1.47. The van der Waals surface area contributed by atoms with Gasteiger partial charge in [0, 0.05) is 17.3 Å². The second kappa shape index (κ2) is 9.79. The average Bonchev–Trinajstić information content (AvgIpc) is 2.45. The molecule has 19 heavy (non-hydrogen) atoms. The standard InChI is InChI=1S/C16H30BrNO/c1-3-5-6-13-7-9-14(10-8-13)16(19)18-12-11-15(17)4-2/h13-15H,3-12H2,1-2H3,(H,18,19). The highest BCUT2D eigenvalue weighted by molar-refractivity contribution is 9.09. The summed E-state index contributed by atoms with van der Waals surface area (Å²) >= 11 is 3.60. The van der Waals surface area contributed by atoms with Crippen LogP contribution in [0, 0.1) is 11.8 Å². The van der Waals surface area contributed by atoms with E-state index in [1.54, 1.807) is 0 Å². The summed E-state index contributed by atoms with van der Waals surface area (Å²) in [6.07, 6.45) is 10.9. The van der Waals surface area contributed by atoms with E-state index in [1.165, 1.54) is 32.1 Å². The largest absolute Gasteiger partial charge is 0.356 e. The normalized spacial score (nSPS) is 25.0. The van der Waals surface area contributed by atoms with Gasteiger partial charge in [-0.3, -0.25) is 4.79 Å². The lowest BCUT2D eigenvalue weighted by atomic mass is 9.79. The summed E-state index contributed by atoms with van der Waals surface area (Å²) in [7, 11) is 0. The molecule has 1 rings (SSSR count). The molecule has 0 bridgehead atoms. The van der Waals surface area contributed by atoms with Crippen molar-refractivity contribution >= 4 is 21.8 Å². The minimum atomic E-state index is 0.285. The van der Waals surface area contributed by atoms with E-state index in [2.05, 4.69) is 35.1 Å². The van der Waals surface area contributed by atoms with Crippen LogP contribution in [0.15, 0.2) is 0 Å². The van der Waals surface area contributed by atoms with Gasteiger partial charge < -0.3 is 5.32 Å². The summed E-state index contributed by atoms with van der Waals surface area (Å²) in [5.41, 5.74) is 0. The van der Waals surface area contributed by atoms with E-state index in [4.69, 9.17) is 0 Å². The lowest BCUT2D eigenvalue weighted by Gasteiger charge is -2.27. The van der Waals surface area contributed by atoms with Crippen molar-refractivity contribution in [3.8, 4) is 0 Å². The summed E-state index contributed by atoms with van der Waals surface area (Å²) < 4.78 is 0. The molecular weight excluding hydrogens is 302 g/mol. The molecule has 1 unspecified atom stereocenters. The molecule has 0 aromatic carbocycles. The van der Waals surface area contributed by atoms with Gasteiger partial charge in [0.1, 0.15) is 0 Å². The van der Waals surface area contributed by atoms with E-state index in [-0.39, 0.29) is 5.92 Å². The molecule has 1 aliphatic rings. The fraction of sp³-hybridized carbons (Fsp3) is 0.938. The fourth-order valence-electron chi connectivity index (χ4n) is 2.91. The number of alkyl halides is 1. The molecule has 0 radical (unpaired) electrons. The van der Waals surface area contributed by atoms with Crippen LogP contribution in [0.4, 0.5) is 0 Å². The molecule has 3 heteroatoms. The van der Waals surface area contributed by atoms with Crippen LogP contribution in [0.1, 0.15) is 71.6 Å². The van der Waals surface area contributed by atoms with Gasteiger partial charge in [-0.25, -0.2) is 0 Å². The average molecular weight is 332 g/mol. The second-order valence-corrected chi connectivity index (χ2v) is 7.24. The SMILES string of the molecule is CCCCC1CCC(C(=O)NCCC(Br)CC)CC1. The third-order valence-corrected chi connectivity index (χ3v) is 5.49. The molecule has 112 valence electrons. The van der Waals surface area contributed by atoms with Crippen molar-refractivity contribution in [1.82, 2.24) is 5.32 Å². The van der Waals surface area contributed by atoms with Crippen LogP contribution in [0.5, 0.6) is 0 Å². The number of unbranched alkanes of at least 4 members (excludes halogenated alkanes) is 1. The summed E-state index contributed by atoms with van der Waals surface area (Å²) in [6, 6.07) is 0. The Labute approximate surface area is 127 Å². The molecule has 1 N–H and O–H groups in total. The van der Waals surface area contributed by atoms with Gasteiger partial charge in [-0.2, -0.15) is 0 Å². The Bertz CT molecular complexity index is 249. The Morgan fingerprint density at radius 2 is 1.95 bits per heavy atom. The van der Waals surface area contributed by atoms with Crippen molar-refractivity contribution in [3.63, 3.8) is 0 Å². The van der Waals surface area contributed by atoms with Crippen LogP contribution in [0.25, 0.3) is 0 Å². The van der Waals surface area contributed by atoms with Crippen LogP contribution in [-0.4, -0.2) is 17.3 Å². The first-order valence-corrected chi connectivity index (χ1v) is 9.00. The van der Waals surface area contributed by atoms with Crippen LogP contribution >= 0.6 is 15.9 Å². The number of halogens is 1. The zero-order valence-corrected chi connectivity index (χ0v) is 14.2. The minimum Gasteiger partial charge on any atom is -0.356 e. The highest BCUT2D eigenvalue weighted by Gasteiger charge is 2.25. The van der Waals surface area contributed by atoms with Gasteiger partial charge in [0.05, 0.1) is 0 Å². The number of rotatable bonds is 8. The monoisotopic (exact) mass is 331 g/mol. The number of hydrogen-bond donors (Lipinski definition) is 1. The third-order valence-electron chi connectivity index (χ3n) is 4.38. The fourth-order valence-corrected chi connectivity index (χ4v) is 3.14. The quantitative estimate of drug-likeness (QED) is 0.643. The summed E-state index contributed by atoms with van der Waals surface area (Å²) in [6.45, 7) is 5.24. The first-order chi connectivity index (χ1) is 9.17. The van der Waals surface area contributed by atoms with E-state index in [0.717, 1.165) is 38.1 Å². The topological polar surface area (TPSA) is 29.1 Å². The van der Waals surface area contributed by atoms with Crippen molar-refractivity contribution in [2.24, 2.45) is 11.8 Å². The van der Waals surface area contributed by atoms with Crippen LogP contribution in [-0.2, 0) is 4.79 Å². The Balaban J connectivity index is 2.14. The van der Waals surface area contributed by atoms with Gasteiger partial charge in [0.25, 0.3) is 0 Å². The Kier molecular flexibility index (Phi) is 8.76. The van der Waals surface area contributed by atoms with Crippen molar-refractivity contribution < 1.29 is 4.79 Å². The molecule has 0 heterocycles. The number of carbonyl (C=O) groups excluding carboxylic acids is 1. The van der Waals surface area contributed by atoms with E-state index in [1.807, 2.05) is 0 Å². The van der Waals surface area contributed by atoms with Crippen LogP contribution in [0.2, 0.25) is 0 Å². The molecule has 0 aliphatic heterocycles. The van der Waals surface area contributed by atoms with Crippen LogP contribution < -0.4 is 5.32 Å². The molecule has 0 spiro atoms. The first-order valence-electron chi connectivity index (χ1n) is 8.09. The Morgan fingerprint density at radius 1 is 1.26 bits per heavy atom. The minimum absolute atomic E-state index is 0.285. The Morgan fingerprint density at radius 3 is 2.53 bits per heavy atom. The van der Waals surface area contributed by atoms with Crippen molar-refractivity contribution in [2.75, 3.05) is 6.54 Å². The number of amides is 1. The first kappa shape index (κ1) is 17.0. The number of hydrogen-bond acceptors (Lipinski definition) is 1. The molecule has 2 nitrogen and oxygen atoms in total. The van der Waals surface area contributed by atoms with Gasteiger partial charge in [-0.05, 0) is 44.4 Å². The highest BCUT2D eigenvalue weighted by Crippen LogP contribution is 2.31. The number of carbonyl (C=O) groups is 1. The predicted molar refractivity (Wildman–Crippen MR) is 85.6 cm³/mol. The van der Waals surface area contributed by atoms with Crippen molar-refractivity contribution in [2.45, 2.75) is 76.5 Å². The zero-order chi connectivity index (χ0) is 14.1. The number of nitrogens with one attached hydrogen (secondary N) is 1.